The number of hydrogen-bond acceptors (Lipinski definition) is 2. The van der Waals surface area contributed by atoms with E-state index < -0.39 is 19.9 Å². The Morgan fingerprint density at radius 1 is 1.33 bits per heavy atom. The molecule has 80 valence electrons. The Morgan fingerprint density at radius 2 is 1.93 bits per heavy atom. The lowest BCUT2D eigenvalue weighted by Gasteiger charge is -2.05. The molecule has 15 heavy (non-hydrogen) atoms. The van der Waals surface area contributed by atoms with Gasteiger partial charge in [-0.15, -0.1) is 0 Å². The van der Waals surface area contributed by atoms with Gasteiger partial charge in [-0.25, -0.2) is 0 Å². The second kappa shape index (κ2) is 5.59. The van der Waals surface area contributed by atoms with E-state index in [9.17, 15) is 9.36 Å². The molecule has 0 saturated heterocycles. The van der Waals surface area contributed by atoms with Crippen molar-refractivity contribution in [3.8, 4) is 0 Å². The SMILES string of the molecule is O=C(O)C(Cc1ccccc1)C[P+](=O)O. The molecule has 0 heterocycles. The number of carboxylic acids is 1. The minimum atomic E-state index is -2.40. The lowest BCUT2D eigenvalue weighted by Crippen LogP contribution is -2.18. The van der Waals surface area contributed by atoms with E-state index in [1.807, 2.05) is 18.2 Å². The molecular formula is C10H12O4P+. The number of carboxylic acid groups (broad SMARTS) is 1. The molecule has 0 amide bonds. The van der Waals surface area contributed by atoms with E-state index in [0.717, 1.165) is 5.56 Å². The lowest BCUT2D eigenvalue weighted by atomic mass is 10.0. The maximum Gasteiger partial charge on any atom is 0.506 e. The van der Waals surface area contributed by atoms with Gasteiger partial charge in [0.05, 0.1) is 0 Å². The maximum absolute atomic E-state index is 10.8. The standard InChI is InChI=1S/C10H11O4P/c11-10(12)9(7-15(13)14)6-8-4-2-1-3-5-8/h1-5,9H,6-7H2,(H-,11,12,13,14)/p+1. The smallest absolute Gasteiger partial charge is 0.481 e. The first-order chi connectivity index (χ1) is 7.09. The Kier molecular flexibility index (Phi) is 4.40. The fourth-order valence-electron chi connectivity index (χ4n) is 1.32. The minimum absolute atomic E-state index is 0.195. The summed E-state index contributed by atoms with van der Waals surface area (Å²) in [6.07, 6.45) is 0.0946. The van der Waals surface area contributed by atoms with Gasteiger partial charge < -0.3 is 5.11 Å². The van der Waals surface area contributed by atoms with Crippen LogP contribution in [-0.4, -0.2) is 22.1 Å². The Balaban J connectivity index is 2.67. The first kappa shape index (κ1) is 11.8. The third-order valence-corrected chi connectivity index (χ3v) is 2.80. The highest BCUT2D eigenvalue weighted by atomic mass is 31.1. The molecule has 0 spiro atoms. The normalized spacial score (nSPS) is 13.3. The maximum atomic E-state index is 10.8. The molecule has 1 rings (SSSR count). The monoisotopic (exact) mass is 227 g/mol. The Morgan fingerprint density at radius 3 is 2.40 bits per heavy atom. The predicted octanol–water partition coefficient (Wildman–Crippen LogP) is 1.66. The van der Waals surface area contributed by atoms with E-state index in [0.29, 0.717) is 0 Å². The highest BCUT2D eigenvalue weighted by Crippen LogP contribution is 2.21. The van der Waals surface area contributed by atoms with E-state index in [1.54, 1.807) is 12.1 Å². The van der Waals surface area contributed by atoms with Gasteiger partial charge in [-0.1, -0.05) is 30.3 Å². The van der Waals surface area contributed by atoms with Gasteiger partial charge in [0.1, 0.15) is 5.92 Å². The van der Waals surface area contributed by atoms with Crippen molar-refractivity contribution < 1.29 is 19.4 Å². The van der Waals surface area contributed by atoms with Gasteiger partial charge in [-0.2, -0.15) is 4.89 Å². The van der Waals surface area contributed by atoms with Crippen LogP contribution in [0.4, 0.5) is 0 Å². The number of carbonyl (C=O) groups is 1. The van der Waals surface area contributed by atoms with Crippen LogP contribution in [0.1, 0.15) is 5.56 Å². The summed E-state index contributed by atoms with van der Waals surface area (Å²) in [6.45, 7) is 0. The van der Waals surface area contributed by atoms with Gasteiger partial charge in [-0.05, 0) is 16.5 Å². The minimum Gasteiger partial charge on any atom is -0.481 e. The molecule has 1 aromatic carbocycles. The molecule has 2 N–H and O–H groups in total. The summed E-state index contributed by atoms with van der Waals surface area (Å²) in [6, 6.07) is 9.08. The quantitative estimate of drug-likeness (QED) is 0.750. The van der Waals surface area contributed by atoms with E-state index in [-0.39, 0.29) is 12.6 Å². The van der Waals surface area contributed by atoms with Crippen LogP contribution < -0.4 is 0 Å². The average molecular weight is 227 g/mol. The fraction of sp³-hybridized carbons (Fsp3) is 0.300. The van der Waals surface area contributed by atoms with Crippen molar-refractivity contribution in [2.75, 3.05) is 6.16 Å². The van der Waals surface area contributed by atoms with Crippen molar-refractivity contribution in [1.82, 2.24) is 0 Å². The zero-order valence-corrected chi connectivity index (χ0v) is 8.93. The average Bonchev–Trinajstić information content (AvgIpc) is 2.17. The third-order valence-electron chi connectivity index (χ3n) is 2.05. The van der Waals surface area contributed by atoms with Gasteiger partial charge in [0.25, 0.3) is 0 Å². The Bertz CT molecular complexity index is 350. The molecule has 4 nitrogen and oxygen atoms in total. The van der Waals surface area contributed by atoms with Gasteiger partial charge in [-0.3, -0.25) is 4.79 Å². The first-order valence-electron chi connectivity index (χ1n) is 4.50. The third kappa shape index (κ3) is 4.19. The fourth-order valence-corrected chi connectivity index (χ4v) is 1.98. The highest BCUT2D eigenvalue weighted by Gasteiger charge is 2.27. The second-order valence-corrected chi connectivity index (χ2v) is 4.33. The second-order valence-electron chi connectivity index (χ2n) is 3.26. The van der Waals surface area contributed by atoms with Gasteiger partial charge in [0.15, 0.2) is 6.16 Å². The summed E-state index contributed by atoms with van der Waals surface area (Å²) >= 11 is 0. The van der Waals surface area contributed by atoms with Crippen LogP contribution in [-0.2, 0) is 15.8 Å². The van der Waals surface area contributed by atoms with Crippen molar-refractivity contribution in [2.45, 2.75) is 6.42 Å². The van der Waals surface area contributed by atoms with Gasteiger partial charge >= 0.3 is 14.0 Å². The first-order valence-corrected chi connectivity index (χ1v) is 5.89. The van der Waals surface area contributed by atoms with E-state index in [2.05, 4.69) is 0 Å². The Labute approximate surface area is 88.4 Å². The number of hydrogen-bond donors (Lipinski definition) is 2. The summed E-state index contributed by atoms with van der Waals surface area (Å²) in [5.41, 5.74) is 0.863. The van der Waals surface area contributed by atoms with Crippen molar-refractivity contribution in [3.63, 3.8) is 0 Å². The summed E-state index contributed by atoms with van der Waals surface area (Å²) in [5, 5.41) is 8.84. The highest BCUT2D eigenvalue weighted by molar-refractivity contribution is 7.38. The molecule has 1 aromatic rings. The zero-order chi connectivity index (χ0) is 11.3. The number of aliphatic carboxylic acids is 1. The molecule has 0 fully saturated rings. The molecule has 0 radical (unpaired) electrons. The van der Waals surface area contributed by atoms with Gasteiger partial charge in [0.2, 0.25) is 0 Å². The topological polar surface area (TPSA) is 74.6 Å². The molecule has 0 aliphatic heterocycles. The van der Waals surface area contributed by atoms with Crippen molar-refractivity contribution in [1.29, 1.82) is 0 Å². The van der Waals surface area contributed by atoms with Crippen molar-refractivity contribution >= 4 is 14.0 Å². The molecule has 0 aliphatic rings. The van der Waals surface area contributed by atoms with E-state index in [4.69, 9.17) is 10.00 Å². The molecule has 2 atom stereocenters. The molecule has 5 heteroatoms. The van der Waals surface area contributed by atoms with Crippen LogP contribution in [0.15, 0.2) is 30.3 Å². The largest absolute Gasteiger partial charge is 0.506 e. The molecule has 0 saturated carbocycles. The van der Waals surface area contributed by atoms with Crippen LogP contribution in [0.2, 0.25) is 0 Å². The summed E-state index contributed by atoms with van der Waals surface area (Å²) in [4.78, 5) is 19.5. The molecule has 2 unspecified atom stereocenters. The molecular weight excluding hydrogens is 215 g/mol. The van der Waals surface area contributed by atoms with Crippen molar-refractivity contribution in [2.24, 2.45) is 5.92 Å². The van der Waals surface area contributed by atoms with Crippen molar-refractivity contribution in [3.05, 3.63) is 35.9 Å². The van der Waals surface area contributed by atoms with Crippen LogP contribution in [0.5, 0.6) is 0 Å². The molecule has 0 aromatic heterocycles. The molecule has 0 aliphatic carbocycles. The van der Waals surface area contributed by atoms with E-state index in [1.165, 1.54) is 0 Å². The lowest BCUT2D eigenvalue weighted by molar-refractivity contribution is -0.140. The summed E-state index contributed by atoms with van der Waals surface area (Å²) < 4.78 is 10.6. The zero-order valence-electron chi connectivity index (χ0n) is 8.04. The number of benzene rings is 1. The van der Waals surface area contributed by atoms with Crippen LogP contribution in [0, 0.1) is 5.92 Å². The van der Waals surface area contributed by atoms with Crippen LogP contribution in [0.25, 0.3) is 0 Å². The van der Waals surface area contributed by atoms with Gasteiger partial charge in [0, 0.05) is 0 Å². The van der Waals surface area contributed by atoms with Crippen LogP contribution >= 0.6 is 8.03 Å². The Hall–Kier alpha value is -1.25. The summed E-state index contributed by atoms with van der Waals surface area (Å²) in [7, 11) is -2.40. The number of rotatable bonds is 5. The summed E-state index contributed by atoms with van der Waals surface area (Å²) in [5.74, 6) is -1.82. The van der Waals surface area contributed by atoms with E-state index >= 15 is 0 Å². The predicted molar refractivity (Wildman–Crippen MR) is 56.0 cm³/mol. The molecule has 0 bridgehead atoms. The van der Waals surface area contributed by atoms with Crippen LogP contribution in [0.3, 0.4) is 0 Å².